The molecule has 0 aliphatic rings. The van der Waals surface area contributed by atoms with Gasteiger partial charge < -0.3 is 14.3 Å². The number of ether oxygens (including phenoxy) is 2. The minimum atomic E-state index is 0.224. The van der Waals surface area contributed by atoms with E-state index in [4.69, 9.17) is 9.47 Å². The van der Waals surface area contributed by atoms with Crippen LogP contribution in [0.3, 0.4) is 0 Å². The quantitative estimate of drug-likeness (QED) is 0.808. The molecular formula is C13H17BrO3. The maximum atomic E-state index is 10.9. The van der Waals surface area contributed by atoms with Crippen LogP contribution in [0.15, 0.2) is 16.6 Å². The number of benzene rings is 1. The molecule has 94 valence electrons. The summed E-state index contributed by atoms with van der Waals surface area (Å²) in [6.07, 6.45) is 2.31. The SMILES string of the molecule is COc1cc(Br)c(CCCC(C)=O)cc1OC. The predicted molar refractivity (Wildman–Crippen MR) is 70.9 cm³/mol. The molecule has 0 heterocycles. The zero-order chi connectivity index (χ0) is 12.8. The first-order chi connectivity index (χ1) is 8.08. The molecule has 0 amide bonds. The normalized spacial score (nSPS) is 10.1. The van der Waals surface area contributed by atoms with Crippen molar-refractivity contribution in [3.05, 3.63) is 22.2 Å². The van der Waals surface area contributed by atoms with Crippen LogP contribution in [0.4, 0.5) is 0 Å². The molecule has 0 unspecified atom stereocenters. The second-order valence-electron chi connectivity index (χ2n) is 3.85. The van der Waals surface area contributed by atoms with Crippen LogP contribution >= 0.6 is 15.9 Å². The number of carbonyl (C=O) groups is 1. The summed E-state index contributed by atoms with van der Waals surface area (Å²) >= 11 is 3.50. The Morgan fingerprint density at radius 1 is 1.24 bits per heavy atom. The van der Waals surface area contributed by atoms with Gasteiger partial charge in [-0.15, -0.1) is 0 Å². The van der Waals surface area contributed by atoms with Gasteiger partial charge in [0, 0.05) is 10.9 Å². The minimum absolute atomic E-state index is 0.224. The topological polar surface area (TPSA) is 35.5 Å². The predicted octanol–water partition coefficient (Wildman–Crippen LogP) is 3.38. The van der Waals surface area contributed by atoms with Crippen LogP contribution in [-0.2, 0) is 11.2 Å². The van der Waals surface area contributed by atoms with Crippen molar-refractivity contribution in [1.29, 1.82) is 0 Å². The Kier molecular flexibility index (Phi) is 5.48. The summed E-state index contributed by atoms with van der Waals surface area (Å²) in [5, 5.41) is 0. The highest BCUT2D eigenvalue weighted by Gasteiger charge is 2.09. The molecule has 0 aromatic heterocycles. The molecule has 1 aromatic carbocycles. The number of ketones is 1. The van der Waals surface area contributed by atoms with Gasteiger partial charge in [-0.05, 0) is 37.5 Å². The molecule has 0 aliphatic heterocycles. The number of carbonyl (C=O) groups excluding carboxylic acids is 1. The van der Waals surface area contributed by atoms with E-state index in [1.165, 1.54) is 0 Å². The largest absolute Gasteiger partial charge is 0.493 e. The van der Waals surface area contributed by atoms with Gasteiger partial charge in [-0.2, -0.15) is 0 Å². The molecule has 0 saturated carbocycles. The monoisotopic (exact) mass is 300 g/mol. The number of Topliss-reactive ketones (excluding diaryl/α,β-unsaturated/α-hetero) is 1. The Balaban J connectivity index is 2.81. The molecule has 4 heteroatoms. The lowest BCUT2D eigenvalue weighted by Gasteiger charge is -2.11. The molecule has 0 radical (unpaired) electrons. The van der Waals surface area contributed by atoms with Gasteiger partial charge in [0.25, 0.3) is 0 Å². The standard InChI is InChI=1S/C13H17BrO3/c1-9(15)5-4-6-10-7-12(16-2)13(17-3)8-11(10)14/h7-8H,4-6H2,1-3H3. The van der Waals surface area contributed by atoms with Crippen molar-refractivity contribution in [3.63, 3.8) is 0 Å². The first kappa shape index (κ1) is 14.0. The van der Waals surface area contributed by atoms with E-state index in [1.807, 2.05) is 12.1 Å². The number of hydrogen-bond acceptors (Lipinski definition) is 3. The lowest BCUT2D eigenvalue weighted by Crippen LogP contribution is -1.96. The molecule has 0 aliphatic carbocycles. The van der Waals surface area contributed by atoms with Gasteiger partial charge in [-0.1, -0.05) is 15.9 Å². The molecule has 0 spiro atoms. The maximum Gasteiger partial charge on any atom is 0.161 e. The Morgan fingerprint density at radius 3 is 2.35 bits per heavy atom. The fraction of sp³-hybridized carbons (Fsp3) is 0.462. The summed E-state index contributed by atoms with van der Waals surface area (Å²) in [7, 11) is 3.23. The molecule has 0 saturated heterocycles. The molecule has 0 fully saturated rings. The van der Waals surface area contributed by atoms with Crippen LogP contribution in [-0.4, -0.2) is 20.0 Å². The van der Waals surface area contributed by atoms with Crippen molar-refractivity contribution in [2.75, 3.05) is 14.2 Å². The van der Waals surface area contributed by atoms with Crippen LogP contribution in [0, 0.1) is 0 Å². The van der Waals surface area contributed by atoms with Gasteiger partial charge in [-0.3, -0.25) is 0 Å². The van der Waals surface area contributed by atoms with Crippen molar-refractivity contribution in [2.24, 2.45) is 0 Å². The summed E-state index contributed by atoms with van der Waals surface area (Å²) in [6.45, 7) is 1.61. The fourth-order valence-corrected chi connectivity index (χ4v) is 2.14. The zero-order valence-electron chi connectivity index (χ0n) is 10.4. The average Bonchev–Trinajstić information content (AvgIpc) is 2.30. The first-order valence-corrected chi connectivity index (χ1v) is 6.27. The molecule has 0 bridgehead atoms. The maximum absolute atomic E-state index is 10.9. The van der Waals surface area contributed by atoms with E-state index in [9.17, 15) is 4.79 Å². The summed E-state index contributed by atoms with van der Waals surface area (Å²) in [5.74, 6) is 1.64. The second-order valence-corrected chi connectivity index (χ2v) is 4.71. The highest BCUT2D eigenvalue weighted by Crippen LogP contribution is 2.33. The molecular weight excluding hydrogens is 284 g/mol. The van der Waals surface area contributed by atoms with E-state index >= 15 is 0 Å². The summed E-state index contributed by atoms with van der Waals surface area (Å²) in [4.78, 5) is 10.9. The number of methoxy groups -OCH3 is 2. The van der Waals surface area contributed by atoms with Gasteiger partial charge in [0.2, 0.25) is 0 Å². The van der Waals surface area contributed by atoms with Gasteiger partial charge in [0.1, 0.15) is 5.78 Å². The molecule has 0 N–H and O–H groups in total. The van der Waals surface area contributed by atoms with Crippen LogP contribution in [0.1, 0.15) is 25.3 Å². The Bertz CT molecular complexity index is 402. The fourth-order valence-electron chi connectivity index (χ4n) is 1.62. The van der Waals surface area contributed by atoms with E-state index in [2.05, 4.69) is 15.9 Å². The van der Waals surface area contributed by atoms with Crippen molar-refractivity contribution in [1.82, 2.24) is 0 Å². The van der Waals surface area contributed by atoms with Crippen molar-refractivity contribution in [3.8, 4) is 11.5 Å². The number of halogens is 1. The molecule has 17 heavy (non-hydrogen) atoms. The van der Waals surface area contributed by atoms with E-state index in [0.717, 1.165) is 22.9 Å². The lowest BCUT2D eigenvalue weighted by atomic mass is 10.1. The van der Waals surface area contributed by atoms with E-state index < -0.39 is 0 Å². The van der Waals surface area contributed by atoms with Gasteiger partial charge in [0.05, 0.1) is 14.2 Å². The summed E-state index contributed by atoms with van der Waals surface area (Å²) in [6, 6.07) is 3.84. The third-order valence-electron chi connectivity index (χ3n) is 2.53. The van der Waals surface area contributed by atoms with Gasteiger partial charge in [-0.25, -0.2) is 0 Å². The Morgan fingerprint density at radius 2 is 1.82 bits per heavy atom. The van der Waals surface area contributed by atoms with Crippen LogP contribution < -0.4 is 9.47 Å². The summed E-state index contributed by atoms with van der Waals surface area (Å²) in [5.41, 5.74) is 1.13. The highest BCUT2D eigenvalue weighted by molar-refractivity contribution is 9.10. The van der Waals surface area contributed by atoms with Crippen LogP contribution in [0.25, 0.3) is 0 Å². The van der Waals surface area contributed by atoms with Crippen LogP contribution in [0.2, 0.25) is 0 Å². The highest BCUT2D eigenvalue weighted by atomic mass is 79.9. The molecule has 0 atom stereocenters. The zero-order valence-corrected chi connectivity index (χ0v) is 12.0. The average molecular weight is 301 g/mol. The van der Waals surface area contributed by atoms with E-state index in [0.29, 0.717) is 17.9 Å². The Labute approximate surface area is 110 Å². The first-order valence-electron chi connectivity index (χ1n) is 5.48. The lowest BCUT2D eigenvalue weighted by molar-refractivity contribution is -0.117. The number of aryl methyl sites for hydroxylation is 1. The molecule has 1 rings (SSSR count). The third-order valence-corrected chi connectivity index (χ3v) is 3.27. The molecule has 3 nitrogen and oxygen atoms in total. The molecule has 1 aromatic rings. The smallest absolute Gasteiger partial charge is 0.161 e. The minimum Gasteiger partial charge on any atom is -0.493 e. The Hall–Kier alpha value is -1.03. The van der Waals surface area contributed by atoms with Crippen molar-refractivity contribution < 1.29 is 14.3 Å². The van der Waals surface area contributed by atoms with E-state index in [1.54, 1.807) is 21.1 Å². The van der Waals surface area contributed by atoms with Gasteiger partial charge in [0.15, 0.2) is 11.5 Å². The third kappa shape index (κ3) is 4.04. The van der Waals surface area contributed by atoms with Crippen molar-refractivity contribution in [2.45, 2.75) is 26.2 Å². The van der Waals surface area contributed by atoms with Crippen LogP contribution in [0.5, 0.6) is 11.5 Å². The second kappa shape index (κ2) is 6.64. The number of hydrogen-bond donors (Lipinski definition) is 0. The van der Waals surface area contributed by atoms with Gasteiger partial charge >= 0.3 is 0 Å². The number of rotatable bonds is 6. The van der Waals surface area contributed by atoms with E-state index in [-0.39, 0.29) is 5.78 Å². The van der Waals surface area contributed by atoms with Crippen molar-refractivity contribution >= 4 is 21.7 Å². The summed E-state index contributed by atoms with van der Waals surface area (Å²) < 4.78 is 11.4.